The van der Waals surface area contributed by atoms with Gasteiger partial charge in [-0.2, -0.15) is 0 Å². The molecule has 2 heterocycles. The maximum Gasteiger partial charge on any atom is 0.191 e. The Balaban J connectivity index is 1.82. The number of anilines is 1. The fourth-order valence-corrected chi connectivity index (χ4v) is 2.59. The molecule has 2 N–H and O–H groups in total. The van der Waals surface area contributed by atoms with Gasteiger partial charge in [0.25, 0.3) is 0 Å². The minimum absolute atomic E-state index is 0.362. The van der Waals surface area contributed by atoms with Crippen LogP contribution in [0.4, 0.5) is 5.13 Å². The van der Waals surface area contributed by atoms with Crippen LogP contribution in [0, 0.1) is 0 Å². The lowest BCUT2D eigenvalue weighted by Gasteiger charge is -2.09. The lowest BCUT2D eigenvalue weighted by molar-refractivity contribution is 0.372. The smallest absolute Gasteiger partial charge is 0.191 e. The van der Waals surface area contributed by atoms with E-state index in [4.69, 9.17) is 4.52 Å². The minimum Gasteiger partial charge on any atom is -0.359 e. The monoisotopic (exact) mass is 336 g/mol. The van der Waals surface area contributed by atoms with Gasteiger partial charge < -0.3 is 20.1 Å². The highest BCUT2D eigenvalue weighted by Crippen LogP contribution is 2.17. The highest BCUT2D eigenvalue weighted by atomic mass is 32.1. The summed E-state index contributed by atoms with van der Waals surface area (Å²) in [5, 5.41) is 13.5. The van der Waals surface area contributed by atoms with Gasteiger partial charge in [-0.3, -0.25) is 4.99 Å². The molecular formula is C15H24N6OS. The van der Waals surface area contributed by atoms with Crippen LogP contribution in [-0.4, -0.2) is 37.2 Å². The molecule has 0 aliphatic heterocycles. The SMILES string of the molecule is CN=C(NCc1csc(N(C)C)n1)NCc1cc(C(C)C)no1. The fourth-order valence-electron chi connectivity index (χ4n) is 1.83. The van der Waals surface area contributed by atoms with Crippen molar-refractivity contribution in [3.63, 3.8) is 0 Å². The molecule has 0 atom stereocenters. The van der Waals surface area contributed by atoms with Crippen LogP contribution >= 0.6 is 11.3 Å². The first kappa shape index (κ1) is 17.3. The summed E-state index contributed by atoms with van der Waals surface area (Å²) in [5.74, 6) is 1.85. The number of hydrogen-bond acceptors (Lipinski definition) is 6. The molecule has 0 saturated heterocycles. The normalized spacial score (nSPS) is 11.8. The zero-order valence-corrected chi connectivity index (χ0v) is 15.1. The molecule has 0 radical (unpaired) electrons. The van der Waals surface area contributed by atoms with E-state index < -0.39 is 0 Å². The Morgan fingerprint density at radius 2 is 2.09 bits per heavy atom. The molecule has 0 spiro atoms. The highest BCUT2D eigenvalue weighted by molar-refractivity contribution is 7.13. The molecule has 126 valence electrons. The molecule has 0 fully saturated rings. The number of aliphatic imine (C=N–C) groups is 1. The van der Waals surface area contributed by atoms with E-state index >= 15 is 0 Å². The van der Waals surface area contributed by atoms with E-state index in [9.17, 15) is 0 Å². The van der Waals surface area contributed by atoms with Crippen molar-refractivity contribution in [2.75, 3.05) is 26.0 Å². The summed E-state index contributed by atoms with van der Waals surface area (Å²) in [5.41, 5.74) is 1.95. The van der Waals surface area contributed by atoms with Gasteiger partial charge in [0.05, 0.1) is 24.5 Å². The van der Waals surface area contributed by atoms with E-state index in [1.807, 2.05) is 30.4 Å². The van der Waals surface area contributed by atoms with Crippen LogP contribution in [0.5, 0.6) is 0 Å². The molecule has 0 bridgehead atoms. The lowest BCUT2D eigenvalue weighted by Crippen LogP contribution is -2.36. The quantitative estimate of drug-likeness (QED) is 0.622. The maximum atomic E-state index is 5.30. The number of aromatic nitrogens is 2. The molecule has 0 aliphatic rings. The third-order valence-electron chi connectivity index (χ3n) is 3.18. The van der Waals surface area contributed by atoms with Crippen molar-refractivity contribution in [3.8, 4) is 0 Å². The van der Waals surface area contributed by atoms with Crippen molar-refractivity contribution in [2.45, 2.75) is 32.9 Å². The second-order valence-electron chi connectivity index (χ2n) is 5.67. The molecule has 23 heavy (non-hydrogen) atoms. The summed E-state index contributed by atoms with van der Waals surface area (Å²) in [4.78, 5) is 10.7. The molecule has 8 heteroatoms. The first-order chi connectivity index (χ1) is 11.0. The Bertz CT molecular complexity index is 594. The van der Waals surface area contributed by atoms with Crippen molar-refractivity contribution in [3.05, 3.63) is 28.6 Å². The van der Waals surface area contributed by atoms with Gasteiger partial charge in [0, 0.05) is 32.6 Å². The number of guanidine groups is 1. The average Bonchev–Trinajstić information content (AvgIpc) is 3.16. The fraction of sp³-hybridized carbons (Fsp3) is 0.533. The number of nitrogens with zero attached hydrogens (tertiary/aromatic N) is 4. The van der Waals surface area contributed by atoms with Gasteiger partial charge in [0.1, 0.15) is 0 Å². The Labute approximate surface area is 140 Å². The molecule has 0 aromatic carbocycles. The van der Waals surface area contributed by atoms with E-state index in [-0.39, 0.29) is 0 Å². The molecule has 7 nitrogen and oxygen atoms in total. The van der Waals surface area contributed by atoms with E-state index in [1.54, 1.807) is 18.4 Å². The summed E-state index contributed by atoms with van der Waals surface area (Å²) in [6.07, 6.45) is 0. The molecular weight excluding hydrogens is 312 g/mol. The molecule has 2 aromatic heterocycles. The van der Waals surface area contributed by atoms with Gasteiger partial charge in [0.2, 0.25) is 0 Å². The number of nitrogens with one attached hydrogen (secondary N) is 2. The summed E-state index contributed by atoms with van der Waals surface area (Å²) in [7, 11) is 5.71. The van der Waals surface area contributed by atoms with E-state index in [0.29, 0.717) is 25.0 Å². The molecule has 0 saturated carbocycles. The number of thiazole rings is 1. The van der Waals surface area contributed by atoms with Crippen molar-refractivity contribution < 1.29 is 4.52 Å². The first-order valence-electron chi connectivity index (χ1n) is 7.51. The topological polar surface area (TPSA) is 78.6 Å². The van der Waals surface area contributed by atoms with Crippen molar-refractivity contribution in [1.82, 2.24) is 20.8 Å². The molecule has 0 unspecified atom stereocenters. The standard InChI is InChI=1S/C15H24N6OS/c1-10(2)13-6-12(22-20-13)8-18-14(16-3)17-7-11-9-23-15(19-11)21(4)5/h6,9-10H,7-8H2,1-5H3,(H2,16,17,18). The van der Waals surface area contributed by atoms with Crippen molar-refractivity contribution in [1.29, 1.82) is 0 Å². The van der Waals surface area contributed by atoms with Crippen LogP contribution < -0.4 is 15.5 Å². The van der Waals surface area contributed by atoms with Gasteiger partial charge in [-0.25, -0.2) is 4.98 Å². The largest absolute Gasteiger partial charge is 0.359 e. The van der Waals surface area contributed by atoms with E-state index in [1.165, 1.54) is 0 Å². The van der Waals surface area contributed by atoms with Crippen LogP contribution in [-0.2, 0) is 13.1 Å². The Hall–Kier alpha value is -2.09. The molecule has 0 aliphatic carbocycles. The summed E-state index contributed by atoms with van der Waals surface area (Å²) in [6.45, 7) is 5.34. The number of hydrogen-bond donors (Lipinski definition) is 2. The summed E-state index contributed by atoms with van der Waals surface area (Å²) in [6, 6.07) is 1.97. The van der Waals surface area contributed by atoms with Crippen LogP contribution in [0.25, 0.3) is 0 Å². The third-order valence-corrected chi connectivity index (χ3v) is 4.24. The average molecular weight is 336 g/mol. The van der Waals surface area contributed by atoms with Crippen LogP contribution in [0.2, 0.25) is 0 Å². The van der Waals surface area contributed by atoms with Gasteiger partial charge in [-0.05, 0) is 5.92 Å². The number of rotatable bonds is 6. The molecule has 2 aromatic rings. The van der Waals surface area contributed by atoms with Crippen LogP contribution in [0.15, 0.2) is 21.0 Å². The first-order valence-corrected chi connectivity index (χ1v) is 8.39. The van der Waals surface area contributed by atoms with Crippen LogP contribution in [0.1, 0.15) is 36.9 Å². The minimum atomic E-state index is 0.362. The van der Waals surface area contributed by atoms with Crippen molar-refractivity contribution in [2.24, 2.45) is 4.99 Å². The molecule has 2 rings (SSSR count). The third kappa shape index (κ3) is 4.95. The van der Waals surface area contributed by atoms with Gasteiger partial charge in [-0.1, -0.05) is 19.0 Å². The zero-order chi connectivity index (χ0) is 16.8. The summed E-state index contributed by atoms with van der Waals surface area (Å²) < 4.78 is 5.30. The highest BCUT2D eigenvalue weighted by Gasteiger charge is 2.09. The van der Waals surface area contributed by atoms with Crippen LogP contribution in [0.3, 0.4) is 0 Å². The van der Waals surface area contributed by atoms with Gasteiger partial charge in [0.15, 0.2) is 16.9 Å². The maximum absolute atomic E-state index is 5.30. The Kier molecular flexibility index (Phi) is 5.97. The molecule has 0 amide bonds. The summed E-state index contributed by atoms with van der Waals surface area (Å²) >= 11 is 1.62. The van der Waals surface area contributed by atoms with Crippen molar-refractivity contribution >= 4 is 22.4 Å². The van der Waals surface area contributed by atoms with Gasteiger partial charge in [-0.15, -0.1) is 11.3 Å². The Morgan fingerprint density at radius 1 is 1.35 bits per heavy atom. The predicted molar refractivity (Wildman–Crippen MR) is 94.1 cm³/mol. The zero-order valence-electron chi connectivity index (χ0n) is 14.3. The second-order valence-corrected chi connectivity index (χ2v) is 6.50. The van der Waals surface area contributed by atoms with E-state index in [0.717, 1.165) is 22.3 Å². The lowest BCUT2D eigenvalue weighted by atomic mass is 10.1. The van der Waals surface area contributed by atoms with Gasteiger partial charge >= 0.3 is 0 Å². The van der Waals surface area contributed by atoms with E-state index in [2.05, 4.69) is 39.6 Å². The predicted octanol–water partition coefficient (Wildman–Crippen LogP) is 2.19. The Morgan fingerprint density at radius 3 is 2.65 bits per heavy atom. The second kappa shape index (κ2) is 7.96.